The molecule has 4 heteroatoms. The van der Waals surface area contributed by atoms with E-state index in [0.717, 1.165) is 24.8 Å². The summed E-state index contributed by atoms with van der Waals surface area (Å²) >= 11 is 0. The van der Waals surface area contributed by atoms with E-state index in [0.29, 0.717) is 11.4 Å². The molecule has 2 aromatic carbocycles. The van der Waals surface area contributed by atoms with Crippen LogP contribution < -0.4 is 4.72 Å². The molecule has 0 aromatic heterocycles. The normalized spacial score (nSPS) is 15.5. The molecule has 0 saturated carbocycles. The summed E-state index contributed by atoms with van der Waals surface area (Å²) in [5.74, 6) is 0.144. The topological polar surface area (TPSA) is 46.2 Å². The highest BCUT2D eigenvalue weighted by Crippen LogP contribution is 2.25. The van der Waals surface area contributed by atoms with Gasteiger partial charge in [-0.3, -0.25) is 0 Å². The van der Waals surface area contributed by atoms with Crippen LogP contribution in [0.3, 0.4) is 0 Å². The van der Waals surface area contributed by atoms with Gasteiger partial charge in [-0.15, -0.1) is 0 Å². The lowest BCUT2D eigenvalue weighted by atomic mass is 10.0. The zero-order valence-corrected chi connectivity index (χ0v) is 13.6. The summed E-state index contributed by atoms with van der Waals surface area (Å²) in [5, 5.41) is 0. The molecule has 116 valence electrons. The van der Waals surface area contributed by atoms with Gasteiger partial charge in [0.05, 0.1) is 4.90 Å². The Balaban J connectivity index is 1.71. The number of hydrogen-bond acceptors (Lipinski definition) is 2. The first-order chi connectivity index (χ1) is 10.6. The standard InChI is InChI=1S/C18H21NO2S/c1-14(15-6-3-2-4-7-15)13-19-22(20,21)18-11-10-16-8-5-9-17(16)12-18/h2-4,6-7,10-12,14,19H,5,8-9,13H2,1H3. The van der Waals surface area contributed by atoms with Crippen LogP contribution in [-0.4, -0.2) is 15.0 Å². The first-order valence-corrected chi connectivity index (χ1v) is 9.21. The Labute approximate surface area is 132 Å². The van der Waals surface area contributed by atoms with E-state index in [4.69, 9.17) is 0 Å². The predicted octanol–water partition coefficient (Wildman–Crippen LogP) is 3.26. The van der Waals surface area contributed by atoms with Crippen LogP contribution in [0.4, 0.5) is 0 Å². The fourth-order valence-electron chi connectivity index (χ4n) is 2.93. The average molecular weight is 315 g/mol. The predicted molar refractivity (Wildman–Crippen MR) is 88.5 cm³/mol. The van der Waals surface area contributed by atoms with E-state index in [1.165, 1.54) is 11.1 Å². The van der Waals surface area contributed by atoms with Crippen molar-refractivity contribution in [1.29, 1.82) is 0 Å². The number of nitrogens with one attached hydrogen (secondary N) is 1. The molecule has 0 saturated heterocycles. The Bertz CT molecular complexity index is 754. The van der Waals surface area contributed by atoms with Gasteiger partial charge >= 0.3 is 0 Å². The first kappa shape index (κ1) is 15.3. The first-order valence-electron chi connectivity index (χ1n) is 7.73. The highest BCUT2D eigenvalue weighted by Gasteiger charge is 2.19. The summed E-state index contributed by atoms with van der Waals surface area (Å²) in [6.07, 6.45) is 3.17. The minimum absolute atomic E-state index is 0.144. The molecule has 0 radical (unpaired) electrons. The molecule has 2 aromatic rings. The molecule has 0 fully saturated rings. The highest BCUT2D eigenvalue weighted by atomic mass is 32.2. The van der Waals surface area contributed by atoms with Gasteiger partial charge in [0.1, 0.15) is 0 Å². The quantitative estimate of drug-likeness (QED) is 0.920. The molecule has 0 bridgehead atoms. The summed E-state index contributed by atoms with van der Waals surface area (Å²) in [4.78, 5) is 0.383. The fourth-order valence-corrected chi connectivity index (χ4v) is 4.11. The smallest absolute Gasteiger partial charge is 0.211 e. The molecule has 0 amide bonds. The summed E-state index contributed by atoms with van der Waals surface area (Å²) < 4.78 is 27.7. The molecule has 1 N–H and O–H groups in total. The van der Waals surface area contributed by atoms with Gasteiger partial charge in [0.2, 0.25) is 10.0 Å². The molecule has 22 heavy (non-hydrogen) atoms. The van der Waals surface area contributed by atoms with Gasteiger partial charge in [0, 0.05) is 6.54 Å². The highest BCUT2D eigenvalue weighted by molar-refractivity contribution is 7.89. The molecule has 1 aliphatic carbocycles. The maximum absolute atomic E-state index is 12.5. The molecule has 0 spiro atoms. The largest absolute Gasteiger partial charge is 0.240 e. The molecule has 3 rings (SSSR count). The van der Waals surface area contributed by atoms with Gasteiger partial charge in [-0.25, -0.2) is 13.1 Å². The van der Waals surface area contributed by atoms with Gasteiger partial charge in [-0.05, 0) is 54.0 Å². The molecule has 1 atom stereocenters. The van der Waals surface area contributed by atoms with E-state index in [9.17, 15) is 8.42 Å². The number of benzene rings is 2. The van der Waals surface area contributed by atoms with Crippen molar-refractivity contribution in [3.63, 3.8) is 0 Å². The zero-order valence-electron chi connectivity index (χ0n) is 12.7. The Hall–Kier alpha value is -1.65. The molecular weight excluding hydrogens is 294 g/mol. The van der Waals surface area contributed by atoms with Crippen molar-refractivity contribution in [3.8, 4) is 0 Å². The lowest BCUT2D eigenvalue weighted by Gasteiger charge is -2.14. The van der Waals surface area contributed by atoms with E-state index >= 15 is 0 Å². The van der Waals surface area contributed by atoms with Crippen molar-refractivity contribution in [2.24, 2.45) is 0 Å². The molecule has 1 aliphatic rings. The van der Waals surface area contributed by atoms with Crippen molar-refractivity contribution >= 4 is 10.0 Å². The zero-order chi connectivity index (χ0) is 15.6. The Kier molecular flexibility index (Phi) is 4.32. The third kappa shape index (κ3) is 3.23. The monoisotopic (exact) mass is 315 g/mol. The number of fused-ring (bicyclic) bond motifs is 1. The maximum atomic E-state index is 12.5. The van der Waals surface area contributed by atoms with Gasteiger partial charge in [-0.2, -0.15) is 0 Å². The number of sulfonamides is 1. The van der Waals surface area contributed by atoms with E-state index in [-0.39, 0.29) is 5.92 Å². The minimum atomic E-state index is -3.43. The van der Waals surface area contributed by atoms with E-state index in [1.54, 1.807) is 6.07 Å². The summed E-state index contributed by atoms with van der Waals surface area (Å²) in [7, 11) is -3.43. The van der Waals surface area contributed by atoms with Crippen molar-refractivity contribution in [3.05, 3.63) is 65.2 Å². The number of rotatable bonds is 5. The van der Waals surface area contributed by atoms with E-state index < -0.39 is 10.0 Å². The Morgan fingerprint density at radius 3 is 2.55 bits per heavy atom. The van der Waals surface area contributed by atoms with Gasteiger partial charge in [0.25, 0.3) is 0 Å². The summed E-state index contributed by atoms with van der Waals surface area (Å²) in [6, 6.07) is 15.5. The molecule has 0 heterocycles. The second kappa shape index (κ2) is 6.23. The lowest BCUT2D eigenvalue weighted by molar-refractivity contribution is 0.575. The molecule has 0 aliphatic heterocycles. The summed E-state index contributed by atoms with van der Waals surface area (Å²) in [5.41, 5.74) is 3.61. The van der Waals surface area contributed by atoms with Crippen molar-refractivity contribution in [2.45, 2.75) is 37.0 Å². The third-order valence-corrected chi connectivity index (χ3v) is 5.75. The van der Waals surface area contributed by atoms with Crippen molar-refractivity contribution < 1.29 is 8.42 Å². The van der Waals surface area contributed by atoms with Crippen LogP contribution in [0, 0.1) is 0 Å². The third-order valence-electron chi connectivity index (χ3n) is 4.33. The van der Waals surface area contributed by atoms with Crippen LogP contribution in [0.1, 0.15) is 36.0 Å². The molecule has 3 nitrogen and oxygen atoms in total. The molecule has 1 unspecified atom stereocenters. The van der Waals surface area contributed by atoms with Crippen LogP contribution in [0.15, 0.2) is 53.4 Å². The van der Waals surface area contributed by atoms with Crippen molar-refractivity contribution in [1.82, 2.24) is 4.72 Å². The number of aryl methyl sites for hydroxylation is 2. The molecular formula is C18H21NO2S. The second-order valence-electron chi connectivity index (χ2n) is 5.95. The fraction of sp³-hybridized carbons (Fsp3) is 0.333. The van der Waals surface area contributed by atoms with Crippen LogP contribution in [-0.2, 0) is 22.9 Å². The maximum Gasteiger partial charge on any atom is 0.240 e. The van der Waals surface area contributed by atoms with Crippen LogP contribution in [0.25, 0.3) is 0 Å². The minimum Gasteiger partial charge on any atom is -0.211 e. The van der Waals surface area contributed by atoms with Gasteiger partial charge in [0.15, 0.2) is 0 Å². The second-order valence-corrected chi connectivity index (χ2v) is 7.71. The Morgan fingerprint density at radius 1 is 1.05 bits per heavy atom. The van der Waals surface area contributed by atoms with Crippen LogP contribution in [0.5, 0.6) is 0 Å². The SMILES string of the molecule is CC(CNS(=O)(=O)c1ccc2c(c1)CCC2)c1ccccc1. The van der Waals surface area contributed by atoms with E-state index in [2.05, 4.69) is 4.72 Å². The average Bonchev–Trinajstić information content (AvgIpc) is 3.01. The Morgan fingerprint density at radius 2 is 1.77 bits per heavy atom. The van der Waals surface area contributed by atoms with E-state index in [1.807, 2.05) is 49.4 Å². The van der Waals surface area contributed by atoms with Gasteiger partial charge < -0.3 is 0 Å². The number of hydrogen-bond donors (Lipinski definition) is 1. The van der Waals surface area contributed by atoms with Gasteiger partial charge in [-0.1, -0.05) is 43.3 Å². The van der Waals surface area contributed by atoms with Crippen LogP contribution in [0.2, 0.25) is 0 Å². The summed E-state index contributed by atoms with van der Waals surface area (Å²) in [6.45, 7) is 2.43. The lowest BCUT2D eigenvalue weighted by Crippen LogP contribution is -2.27. The van der Waals surface area contributed by atoms with Crippen LogP contribution >= 0.6 is 0 Å². The van der Waals surface area contributed by atoms with Crippen molar-refractivity contribution in [2.75, 3.05) is 6.54 Å².